The largest absolute Gasteiger partial charge is 0.398 e. The Labute approximate surface area is 90.2 Å². The summed E-state index contributed by atoms with van der Waals surface area (Å²) in [5.74, 6) is 0. The smallest absolute Gasteiger partial charge is 0.299 e. The van der Waals surface area contributed by atoms with E-state index in [2.05, 4.69) is 0 Å². The van der Waals surface area contributed by atoms with E-state index in [-0.39, 0.29) is 16.7 Å². The molecule has 84 valence electrons. The van der Waals surface area contributed by atoms with Gasteiger partial charge in [-0.2, -0.15) is 8.42 Å². The van der Waals surface area contributed by atoms with E-state index in [1.54, 1.807) is 19.1 Å². The Morgan fingerprint density at radius 1 is 1.40 bits per heavy atom. The van der Waals surface area contributed by atoms with Crippen LogP contribution in [0.2, 0.25) is 0 Å². The van der Waals surface area contributed by atoms with Crippen LogP contribution in [0.3, 0.4) is 0 Å². The fraction of sp³-hybridized carbons (Fsp3) is 0.400. The summed E-state index contributed by atoms with van der Waals surface area (Å²) in [4.78, 5) is 0.0327. The molecule has 0 aliphatic heterocycles. The second-order valence-electron chi connectivity index (χ2n) is 3.31. The van der Waals surface area contributed by atoms with Crippen molar-refractivity contribution in [3.05, 3.63) is 24.3 Å². The Balaban J connectivity index is 3.02. The third-order valence-electron chi connectivity index (χ3n) is 2.05. The highest BCUT2D eigenvalue weighted by atomic mass is 32.2. The molecule has 1 aromatic carbocycles. The average Bonchev–Trinajstić information content (AvgIpc) is 2.17. The minimum absolute atomic E-state index is 0.0327. The Kier molecular flexibility index (Phi) is 3.71. The Morgan fingerprint density at radius 3 is 2.53 bits per heavy atom. The first-order valence-electron chi connectivity index (χ1n) is 4.75. The summed E-state index contributed by atoms with van der Waals surface area (Å²) in [6, 6.07) is 6.26. The number of nitrogen functional groups attached to an aromatic ring is 1. The fourth-order valence-electron chi connectivity index (χ4n) is 1.04. The lowest BCUT2D eigenvalue weighted by atomic mass is 10.3. The Hall–Kier alpha value is -1.07. The molecule has 0 spiro atoms. The zero-order chi connectivity index (χ0) is 11.5. The summed E-state index contributed by atoms with van der Waals surface area (Å²) in [5, 5.41) is 0. The molecule has 1 rings (SSSR count). The third kappa shape index (κ3) is 2.94. The Morgan fingerprint density at radius 2 is 2.00 bits per heavy atom. The van der Waals surface area contributed by atoms with E-state index < -0.39 is 10.1 Å². The van der Waals surface area contributed by atoms with Gasteiger partial charge in [0.15, 0.2) is 0 Å². The topological polar surface area (TPSA) is 69.4 Å². The Bertz CT molecular complexity index is 428. The van der Waals surface area contributed by atoms with Gasteiger partial charge in [-0.1, -0.05) is 19.1 Å². The van der Waals surface area contributed by atoms with Gasteiger partial charge in [0.1, 0.15) is 4.90 Å². The normalized spacial score (nSPS) is 13.7. The van der Waals surface area contributed by atoms with Crippen molar-refractivity contribution in [3.63, 3.8) is 0 Å². The van der Waals surface area contributed by atoms with Crippen molar-refractivity contribution < 1.29 is 12.6 Å². The lowest BCUT2D eigenvalue weighted by molar-refractivity contribution is 0.225. The van der Waals surface area contributed by atoms with Crippen LogP contribution in [-0.2, 0) is 14.3 Å². The highest BCUT2D eigenvalue weighted by Crippen LogP contribution is 2.21. The summed E-state index contributed by atoms with van der Waals surface area (Å²) >= 11 is 0. The van der Waals surface area contributed by atoms with E-state index in [1.807, 2.05) is 6.92 Å². The molecule has 4 nitrogen and oxygen atoms in total. The SMILES string of the molecule is CC[C@@H](C)OS(=O)(=O)c1ccccc1N. The molecule has 0 radical (unpaired) electrons. The van der Waals surface area contributed by atoms with Gasteiger partial charge >= 0.3 is 0 Å². The summed E-state index contributed by atoms with van der Waals surface area (Å²) in [6.45, 7) is 3.56. The molecule has 0 saturated heterocycles. The number of nitrogens with two attached hydrogens (primary N) is 1. The minimum atomic E-state index is -3.73. The van der Waals surface area contributed by atoms with E-state index in [1.165, 1.54) is 12.1 Å². The maximum atomic E-state index is 11.7. The predicted octanol–water partition coefficient (Wildman–Crippen LogP) is 1.77. The minimum Gasteiger partial charge on any atom is -0.398 e. The van der Waals surface area contributed by atoms with Gasteiger partial charge in [0, 0.05) is 0 Å². The quantitative estimate of drug-likeness (QED) is 0.631. The van der Waals surface area contributed by atoms with Crippen LogP contribution < -0.4 is 5.73 Å². The lowest BCUT2D eigenvalue weighted by Crippen LogP contribution is -2.15. The number of hydrogen-bond donors (Lipinski definition) is 1. The van der Waals surface area contributed by atoms with Crippen molar-refractivity contribution in [3.8, 4) is 0 Å². The van der Waals surface area contributed by atoms with Crippen molar-refractivity contribution in [1.29, 1.82) is 0 Å². The predicted molar refractivity (Wildman–Crippen MR) is 58.9 cm³/mol. The molecule has 0 aliphatic rings. The first kappa shape index (κ1) is 12.0. The molecule has 0 saturated carbocycles. The van der Waals surface area contributed by atoms with E-state index in [9.17, 15) is 8.42 Å². The van der Waals surface area contributed by atoms with Crippen LogP contribution in [0, 0.1) is 0 Å². The second kappa shape index (κ2) is 4.63. The summed E-state index contributed by atoms with van der Waals surface area (Å²) < 4.78 is 28.4. The fourth-order valence-corrected chi connectivity index (χ4v) is 2.32. The van der Waals surface area contributed by atoms with E-state index in [4.69, 9.17) is 9.92 Å². The monoisotopic (exact) mass is 229 g/mol. The number of rotatable bonds is 4. The highest BCUT2D eigenvalue weighted by molar-refractivity contribution is 7.87. The van der Waals surface area contributed by atoms with Gasteiger partial charge in [0.25, 0.3) is 10.1 Å². The standard InChI is InChI=1S/C10H15NO3S/c1-3-8(2)14-15(12,13)10-7-5-4-6-9(10)11/h4-8H,3,11H2,1-2H3/t8-/m1/s1. The first-order chi connectivity index (χ1) is 6.97. The van der Waals surface area contributed by atoms with E-state index in [0.29, 0.717) is 6.42 Å². The molecule has 0 aromatic heterocycles. The van der Waals surface area contributed by atoms with Gasteiger partial charge in [0.2, 0.25) is 0 Å². The molecular formula is C10H15NO3S. The summed E-state index contributed by atoms with van der Waals surface area (Å²) in [5.41, 5.74) is 5.77. The van der Waals surface area contributed by atoms with Crippen LogP contribution in [0.4, 0.5) is 5.69 Å². The van der Waals surface area contributed by atoms with E-state index in [0.717, 1.165) is 0 Å². The van der Waals surface area contributed by atoms with Gasteiger partial charge in [-0.25, -0.2) is 0 Å². The maximum absolute atomic E-state index is 11.7. The molecule has 0 aliphatic carbocycles. The highest BCUT2D eigenvalue weighted by Gasteiger charge is 2.20. The van der Waals surface area contributed by atoms with E-state index >= 15 is 0 Å². The maximum Gasteiger partial charge on any atom is 0.299 e. The van der Waals surface area contributed by atoms with Gasteiger partial charge in [-0.3, -0.25) is 4.18 Å². The van der Waals surface area contributed by atoms with Crippen molar-refractivity contribution in [2.75, 3.05) is 5.73 Å². The zero-order valence-corrected chi connectivity index (χ0v) is 9.62. The molecule has 0 amide bonds. The molecule has 1 atom stereocenters. The average molecular weight is 229 g/mol. The van der Waals surface area contributed by atoms with Crippen LogP contribution in [0.25, 0.3) is 0 Å². The van der Waals surface area contributed by atoms with Gasteiger partial charge in [-0.15, -0.1) is 0 Å². The van der Waals surface area contributed by atoms with Crippen molar-refractivity contribution in [2.24, 2.45) is 0 Å². The molecule has 0 unspecified atom stereocenters. The van der Waals surface area contributed by atoms with Gasteiger partial charge < -0.3 is 5.73 Å². The van der Waals surface area contributed by atoms with Crippen molar-refractivity contribution in [2.45, 2.75) is 31.3 Å². The molecule has 2 N–H and O–H groups in total. The van der Waals surface area contributed by atoms with Crippen LogP contribution in [0.1, 0.15) is 20.3 Å². The van der Waals surface area contributed by atoms with Crippen molar-refractivity contribution >= 4 is 15.8 Å². The van der Waals surface area contributed by atoms with Gasteiger partial charge in [0.05, 0.1) is 11.8 Å². The number of benzene rings is 1. The molecule has 0 fully saturated rings. The van der Waals surface area contributed by atoms with Crippen LogP contribution >= 0.6 is 0 Å². The number of para-hydroxylation sites is 1. The van der Waals surface area contributed by atoms with Crippen LogP contribution in [0.5, 0.6) is 0 Å². The van der Waals surface area contributed by atoms with Crippen LogP contribution in [0.15, 0.2) is 29.2 Å². The molecule has 15 heavy (non-hydrogen) atoms. The number of hydrogen-bond acceptors (Lipinski definition) is 4. The molecule has 5 heteroatoms. The summed E-state index contributed by atoms with van der Waals surface area (Å²) in [7, 11) is -3.73. The number of anilines is 1. The molecular weight excluding hydrogens is 214 g/mol. The molecule has 1 aromatic rings. The third-order valence-corrected chi connectivity index (χ3v) is 3.55. The van der Waals surface area contributed by atoms with Crippen molar-refractivity contribution in [1.82, 2.24) is 0 Å². The molecule has 0 heterocycles. The second-order valence-corrected chi connectivity index (χ2v) is 4.85. The lowest BCUT2D eigenvalue weighted by Gasteiger charge is -2.11. The molecule has 0 bridgehead atoms. The zero-order valence-electron chi connectivity index (χ0n) is 8.80. The summed E-state index contributed by atoms with van der Waals surface area (Å²) in [6.07, 6.45) is 0.293. The first-order valence-corrected chi connectivity index (χ1v) is 6.16. The van der Waals surface area contributed by atoms with Gasteiger partial charge in [-0.05, 0) is 25.5 Å². The van der Waals surface area contributed by atoms with Crippen LogP contribution in [-0.4, -0.2) is 14.5 Å².